The van der Waals surface area contributed by atoms with E-state index in [0.29, 0.717) is 31.9 Å². The normalized spacial score (nSPS) is 11.2. The number of carbonyl (C=O) groups excluding carboxylic acids is 1. The Morgan fingerprint density at radius 1 is 1.12 bits per heavy atom. The molecular formula is C25H31N7O2. The van der Waals surface area contributed by atoms with E-state index in [-0.39, 0.29) is 6.03 Å². The largest absolute Gasteiger partial charge is 0.384 e. The molecule has 2 aromatic carbocycles. The number of nitrogens with two attached hydrogens (primary N) is 2. The minimum absolute atomic E-state index is 0.229. The van der Waals surface area contributed by atoms with Gasteiger partial charge < -0.3 is 31.4 Å². The Balaban J connectivity index is 1.41. The SMILES string of the molecule is COCCc1nc2c(N)nc3ccccc3c2n1CCCCNC(=O)Nc1cccc(CN)c1. The number of ether oxygens (including phenoxy) is 1. The number of anilines is 2. The van der Waals surface area contributed by atoms with Crippen LogP contribution in [0.2, 0.25) is 0 Å². The summed E-state index contributed by atoms with van der Waals surface area (Å²) in [5.41, 5.74) is 16.2. The molecule has 6 N–H and O–H groups in total. The molecule has 2 aromatic heterocycles. The Morgan fingerprint density at radius 2 is 1.97 bits per heavy atom. The zero-order valence-corrected chi connectivity index (χ0v) is 19.4. The van der Waals surface area contributed by atoms with Crippen LogP contribution in [0.4, 0.5) is 16.3 Å². The van der Waals surface area contributed by atoms with Gasteiger partial charge in [0.15, 0.2) is 5.82 Å². The number of pyridine rings is 1. The van der Waals surface area contributed by atoms with Gasteiger partial charge in [-0.05, 0) is 36.6 Å². The van der Waals surface area contributed by atoms with E-state index in [1.54, 1.807) is 7.11 Å². The zero-order valence-electron chi connectivity index (χ0n) is 19.4. The molecule has 0 radical (unpaired) electrons. The molecule has 0 saturated carbocycles. The molecule has 2 heterocycles. The highest BCUT2D eigenvalue weighted by molar-refractivity contribution is 6.06. The van der Waals surface area contributed by atoms with E-state index in [1.165, 1.54) is 0 Å². The van der Waals surface area contributed by atoms with Crippen LogP contribution in [0.1, 0.15) is 24.2 Å². The summed E-state index contributed by atoms with van der Waals surface area (Å²) in [5, 5.41) is 6.79. The van der Waals surface area contributed by atoms with Crippen molar-refractivity contribution in [2.24, 2.45) is 5.73 Å². The fraction of sp³-hybridized carbons (Fsp3) is 0.320. The first-order chi connectivity index (χ1) is 16.6. The molecule has 2 amide bonds. The van der Waals surface area contributed by atoms with E-state index in [1.807, 2.05) is 48.5 Å². The number of rotatable bonds is 10. The summed E-state index contributed by atoms with van der Waals surface area (Å²) in [7, 11) is 1.68. The minimum Gasteiger partial charge on any atom is -0.384 e. The number of fused-ring (bicyclic) bond motifs is 3. The first kappa shape index (κ1) is 23.5. The second-order valence-corrected chi connectivity index (χ2v) is 8.13. The molecular weight excluding hydrogens is 430 g/mol. The van der Waals surface area contributed by atoms with Gasteiger partial charge in [0, 0.05) is 44.2 Å². The average molecular weight is 462 g/mol. The van der Waals surface area contributed by atoms with Crippen LogP contribution in [0.15, 0.2) is 48.5 Å². The van der Waals surface area contributed by atoms with Gasteiger partial charge in [-0.3, -0.25) is 0 Å². The van der Waals surface area contributed by atoms with Crippen molar-refractivity contribution in [1.29, 1.82) is 0 Å². The smallest absolute Gasteiger partial charge is 0.319 e. The second-order valence-electron chi connectivity index (χ2n) is 8.13. The van der Waals surface area contributed by atoms with Crippen molar-refractivity contribution in [2.75, 3.05) is 31.3 Å². The third kappa shape index (κ3) is 5.27. The number of benzene rings is 2. The Kier molecular flexibility index (Phi) is 7.56. The number of urea groups is 1. The first-order valence-corrected chi connectivity index (χ1v) is 11.5. The van der Waals surface area contributed by atoms with Gasteiger partial charge >= 0.3 is 6.03 Å². The number of amides is 2. The molecule has 0 atom stereocenters. The highest BCUT2D eigenvalue weighted by Gasteiger charge is 2.17. The monoisotopic (exact) mass is 461 g/mol. The number of nitrogen functional groups attached to an aromatic ring is 1. The first-order valence-electron chi connectivity index (χ1n) is 11.5. The molecule has 0 unspecified atom stereocenters. The van der Waals surface area contributed by atoms with E-state index >= 15 is 0 Å². The Hall–Kier alpha value is -3.69. The lowest BCUT2D eigenvalue weighted by molar-refractivity contribution is 0.199. The number of nitrogens with one attached hydrogen (secondary N) is 2. The van der Waals surface area contributed by atoms with Crippen molar-refractivity contribution in [1.82, 2.24) is 19.9 Å². The van der Waals surface area contributed by atoms with Crippen LogP contribution in [-0.2, 0) is 24.2 Å². The molecule has 4 rings (SSSR count). The van der Waals surface area contributed by atoms with E-state index < -0.39 is 0 Å². The molecule has 0 fully saturated rings. The number of unbranched alkanes of at least 4 members (excludes halogenated alkanes) is 1. The number of nitrogens with zero attached hydrogens (tertiary/aromatic N) is 3. The molecule has 0 aliphatic heterocycles. The van der Waals surface area contributed by atoms with E-state index in [2.05, 4.69) is 20.2 Å². The van der Waals surface area contributed by atoms with Crippen molar-refractivity contribution in [3.63, 3.8) is 0 Å². The summed E-state index contributed by atoms with van der Waals surface area (Å²) in [5.74, 6) is 1.36. The topological polar surface area (TPSA) is 133 Å². The van der Waals surface area contributed by atoms with Gasteiger partial charge in [-0.2, -0.15) is 0 Å². The summed E-state index contributed by atoms with van der Waals surface area (Å²) >= 11 is 0. The van der Waals surface area contributed by atoms with E-state index in [4.69, 9.17) is 21.2 Å². The molecule has 0 saturated heterocycles. The minimum atomic E-state index is -0.229. The number of carbonyl (C=O) groups is 1. The highest BCUT2D eigenvalue weighted by atomic mass is 16.5. The van der Waals surface area contributed by atoms with Crippen LogP contribution in [0.25, 0.3) is 21.9 Å². The van der Waals surface area contributed by atoms with Crippen LogP contribution in [0.3, 0.4) is 0 Å². The molecule has 0 bridgehead atoms. The predicted octanol–water partition coefficient (Wildman–Crippen LogP) is 3.42. The molecule has 0 aliphatic carbocycles. The third-order valence-corrected chi connectivity index (χ3v) is 5.73. The lowest BCUT2D eigenvalue weighted by Crippen LogP contribution is -2.29. The fourth-order valence-corrected chi connectivity index (χ4v) is 4.08. The Labute approximate surface area is 198 Å². The van der Waals surface area contributed by atoms with Gasteiger partial charge in [-0.1, -0.05) is 30.3 Å². The van der Waals surface area contributed by atoms with Crippen LogP contribution < -0.4 is 22.1 Å². The van der Waals surface area contributed by atoms with Gasteiger partial charge in [0.25, 0.3) is 0 Å². The number of methoxy groups -OCH3 is 1. The van der Waals surface area contributed by atoms with Gasteiger partial charge in [0.1, 0.15) is 11.3 Å². The van der Waals surface area contributed by atoms with Gasteiger partial charge in [-0.15, -0.1) is 0 Å². The number of para-hydroxylation sites is 1. The lowest BCUT2D eigenvalue weighted by atomic mass is 10.2. The van der Waals surface area contributed by atoms with Crippen molar-refractivity contribution >= 4 is 39.5 Å². The van der Waals surface area contributed by atoms with Crippen LogP contribution >= 0.6 is 0 Å². The number of imidazole rings is 1. The van der Waals surface area contributed by atoms with Crippen molar-refractivity contribution in [3.05, 3.63) is 59.9 Å². The molecule has 178 valence electrons. The summed E-state index contributed by atoms with van der Waals surface area (Å²) in [6.07, 6.45) is 2.37. The number of aromatic nitrogens is 3. The van der Waals surface area contributed by atoms with E-state index in [0.717, 1.165) is 58.4 Å². The molecule has 0 aliphatic rings. The van der Waals surface area contributed by atoms with Crippen molar-refractivity contribution in [2.45, 2.75) is 32.4 Å². The maximum absolute atomic E-state index is 12.2. The summed E-state index contributed by atoms with van der Waals surface area (Å²) < 4.78 is 7.50. The molecule has 34 heavy (non-hydrogen) atoms. The standard InChI is InChI=1S/C25H31N7O2/c1-34-14-11-21-31-22-23(19-9-2-3-10-20(19)30-24(22)27)32(21)13-5-4-12-28-25(33)29-18-8-6-7-17(15-18)16-26/h2-3,6-10,15H,4-5,11-14,16,26H2,1H3,(H2,27,30)(H2,28,29,33). The third-order valence-electron chi connectivity index (χ3n) is 5.73. The summed E-state index contributed by atoms with van der Waals surface area (Å²) in [6, 6.07) is 15.3. The summed E-state index contributed by atoms with van der Waals surface area (Å²) in [6.45, 7) is 2.32. The zero-order chi connectivity index (χ0) is 23.9. The lowest BCUT2D eigenvalue weighted by Gasteiger charge is -2.12. The highest BCUT2D eigenvalue weighted by Crippen LogP contribution is 2.29. The second kappa shape index (κ2) is 11.0. The summed E-state index contributed by atoms with van der Waals surface area (Å²) in [4.78, 5) is 21.5. The maximum Gasteiger partial charge on any atom is 0.319 e. The van der Waals surface area contributed by atoms with Gasteiger partial charge in [0.05, 0.1) is 17.6 Å². The number of aryl methyl sites for hydroxylation is 1. The average Bonchev–Trinajstić information content (AvgIpc) is 3.22. The maximum atomic E-state index is 12.2. The van der Waals surface area contributed by atoms with Crippen LogP contribution in [-0.4, -0.2) is 40.8 Å². The fourth-order valence-electron chi connectivity index (χ4n) is 4.08. The van der Waals surface area contributed by atoms with Gasteiger partial charge in [-0.25, -0.2) is 14.8 Å². The predicted molar refractivity (Wildman–Crippen MR) is 136 cm³/mol. The molecule has 9 nitrogen and oxygen atoms in total. The van der Waals surface area contributed by atoms with E-state index in [9.17, 15) is 4.79 Å². The van der Waals surface area contributed by atoms with Crippen molar-refractivity contribution in [3.8, 4) is 0 Å². The molecule has 0 spiro atoms. The molecule has 4 aromatic rings. The number of hydrogen-bond acceptors (Lipinski definition) is 6. The van der Waals surface area contributed by atoms with Gasteiger partial charge in [0.2, 0.25) is 0 Å². The Morgan fingerprint density at radius 3 is 2.79 bits per heavy atom. The Bertz CT molecular complexity index is 1290. The van der Waals surface area contributed by atoms with Crippen molar-refractivity contribution < 1.29 is 9.53 Å². The van der Waals surface area contributed by atoms with Crippen LogP contribution in [0.5, 0.6) is 0 Å². The quantitative estimate of drug-likeness (QED) is 0.268. The van der Waals surface area contributed by atoms with Crippen LogP contribution in [0, 0.1) is 0 Å². The number of hydrogen-bond donors (Lipinski definition) is 4. The molecule has 9 heteroatoms.